The Morgan fingerprint density at radius 2 is 2.15 bits per heavy atom. The zero-order valence-corrected chi connectivity index (χ0v) is 11.3. The first kappa shape index (κ1) is 12.5. The van der Waals surface area contributed by atoms with Gasteiger partial charge in [-0.15, -0.1) is 0 Å². The number of H-pyrrole nitrogens is 2. The third-order valence-corrected chi connectivity index (χ3v) is 3.42. The van der Waals surface area contributed by atoms with Gasteiger partial charge >= 0.3 is 0 Å². The first-order valence-corrected chi connectivity index (χ1v) is 6.50. The van der Waals surface area contributed by atoms with Gasteiger partial charge < -0.3 is 9.88 Å². The molecular formula is C15H16N4O. The largest absolute Gasteiger partial charge is 0.361 e. The molecule has 2 aromatic heterocycles. The SMILES string of the molecule is CN(Cc1cn[nH]c1)C(=O)Cc1c[nH]c2ccccc12. The number of rotatable bonds is 4. The third-order valence-electron chi connectivity index (χ3n) is 3.42. The number of hydrogen-bond acceptors (Lipinski definition) is 2. The van der Waals surface area contributed by atoms with Gasteiger partial charge in [-0.3, -0.25) is 9.89 Å². The predicted octanol–water partition coefficient (Wildman–Crippen LogP) is 2.09. The Bertz CT molecular complexity index is 714. The minimum absolute atomic E-state index is 0.0935. The lowest BCUT2D eigenvalue weighted by Gasteiger charge is -2.15. The van der Waals surface area contributed by atoms with Crippen LogP contribution in [0.2, 0.25) is 0 Å². The summed E-state index contributed by atoms with van der Waals surface area (Å²) in [5, 5.41) is 7.74. The Hall–Kier alpha value is -2.56. The molecule has 0 bridgehead atoms. The van der Waals surface area contributed by atoms with Crippen LogP contribution in [0.3, 0.4) is 0 Å². The van der Waals surface area contributed by atoms with Crippen LogP contribution < -0.4 is 0 Å². The zero-order valence-electron chi connectivity index (χ0n) is 11.3. The van der Waals surface area contributed by atoms with E-state index < -0.39 is 0 Å². The summed E-state index contributed by atoms with van der Waals surface area (Å²) >= 11 is 0. The lowest BCUT2D eigenvalue weighted by Crippen LogP contribution is -2.27. The van der Waals surface area contributed by atoms with E-state index in [0.29, 0.717) is 13.0 Å². The van der Waals surface area contributed by atoms with Gasteiger partial charge in [0, 0.05) is 42.5 Å². The van der Waals surface area contributed by atoms with Crippen molar-refractivity contribution >= 4 is 16.8 Å². The molecular weight excluding hydrogens is 252 g/mol. The number of hydrogen-bond donors (Lipinski definition) is 2. The Labute approximate surface area is 116 Å². The molecule has 0 fully saturated rings. The number of para-hydroxylation sites is 1. The van der Waals surface area contributed by atoms with Crippen LogP contribution in [0.15, 0.2) is 42.9 Å². The zero-order chi connectivity index (χ0) is 13.9. The van der Waals surface area contributed by atoms with Crippen molar-refractivity contribution in [2.75, 3.05) is 7.05 Å². The van der Waals surface area contributed by atoms with Gasteiger partial charge in [0.1, 0.15) is 0 Å². The number of amides is 1. The normalized spacial score (nSPS) is 10.8. The topological polar surface area (TPSA) is 64.8 Å². The summed E-state index contributed by atoms with van der Waals surface area (Å²) in [6.07, 6.45) is 5.84. The van der Waals surface area contributed by atoms with E-state index in [2.05, 4.69) is 15.2 Å². The maximum absolute atomic E-state index is 12.3. The van der Waals surface area contributed by atoms with Crippen LogP contribution in [0.4, 0.5) is 0 Å². The lowest BCUT2D eigenvalue weighted by atomic mass is 10.1. The van der Waals surface area contributed by atoms with E-state index in [-0.39, 0.29) is 5.91 Å². The fraction of sp³-hybridized carbons (Fsp3) is 0.200. The second-order valence-electron chi connectivity index (χ2n) is 4.89. The minimum atomic E-state index is 0.0935. The number of aromatic amines is 2. The smallest absolute Gasteiger partial charge is 0.227 e. The molecule has 2 N–H and O–H groups in total. The molecule has 3 rings (SSSR count). The van der Waals surface area contributed by atoms with Crippen LogP contribution >= 0.6 is 0 Å². The summed E-state index contributed by atoms with van der Waals surface area (Å²) in [5.74, 6) is 0.0935. The van der Waals surface area contributed by atoms with Gasteiger partial charge in [-0.2, -0.15) is 5.10 Å². The van der Waals surface area contributed by atoms with Gasteiger partial charge in [0.15, 0.2) is 0 Å². The number of likely N-dealkylation sites (N-methyl/N-ethyl adjacent to an activating group) is 1. The molecule has 1 amide bonds. The Morgan fingerprint density at radius 3 is 2.95 bits per heavy atom. The van der Waals surface area contributed by atoms with Crippen molar-refractivity contribution in [1.82, 2.24) is 20.1 Å². The van der Waals surface area contributed by atoms with E-state index in [4.69, 9.17) is 0 Å². The van der Waals surface area contributed by atoms with Gasteiger partial charge in [-0.05, 0) is 11.6 Å². The maximum Gasteiger partial charge on any atom is 0.227 e. The summed E-state index contributed by atoms with van der Waals surface area (Å²) in [6.45, 7) is 0.567. The second kappa shape index (κ2) is 5.21. The van der Waals surface area contributed by atoms with E-state index in [0.717, 1.165) is 22.0 Å². The molecule has 0 atom stereocenters. The van der Waals surface area contributed by atoms with Crippen molar-refractivity contribution < 1.29 is 4.79 Å². The molecule has 20 heavy (non-hydrogen) atoms. The average Bonchev–Trinajstić information content (AvgIpc) is 3.09. The number of nitrogens with zero attached hydrogens (tertiary/aromatic N) is 2. The number of benzene rings is 1. The highest BCUT2D eigenvalue weighted by Crippen LogP contribution is 2.18. The number of fused-ring (bicyclic) bond motifs is 1. The van der Waals surface area contributed by atoms with Crippen molar-refractivity contribution in [3.05, 3.63) is 54.0 Å². The fourth-order valence-electron chi connectivity index (χ4n) is 2.30. The van der Waals surface area contributed by atoms with Gasteiger partial charge in [-0.25, -0.2) is 0 Å². The molecule has 0 saturated carbocycles. The summed E-state index contributed by atoms with van der Waals surface area (Å²) in [6, 6.07) is 8.01. The molecule has 5 heteroatoms. The summed E-state index contributed by atoms with van der Waals surface area (Å²) < 4.78 is 0. The van der Waals surface area contributed by atoms with Crippen LogP contribution in [0.5, 0.6) is 0 Å². The Kier molecular flexibility index (Phi) is 3.25. The highest BCUT2D eigenvalue weighted by atomic mass is 16.2. The van der Waals surface area contributed by atoms with Crippen molar-refractivity contribution in [1.29, 1.82) is 0 Å². The third kappa shape index (κ3) is 2.42. The van der Waals surface area contributed by atoms with Crippen LogP contribution in [0.25, 0.3) is 10.9 Å². The lowest BCUT2D eigenvalue weighted by molar-refractivity contribution is -0.129. The molecule has 5 nitrogen and oxygen atoms in total. The van der Waals surface area contributed by atoms with Crippen LogP contribution in [0, 0.1) is 0 Å². The molecule has 0 saturated heterocycles. The molecule has 2 heterocycles. The van der Waals surface area contributed by atoms with Crippen molar-refractivity contribution in [2.24, 2.45) is 0 Å². The molecule has 0 aliphatic carbocycles. The molecule has 0 aliphatic heterocycles. The van der Waals surface area contributed by atoms with Crippen LogP contribution in [0.1, 0.15) is 11.1 Å². The van der Waals surface area contributed by atoms with E-state index >= 15 is 0 Å². The van der Waals surface area contributed by atoms with Crippen LogP contribution in [-0.2, 0) is 17.8 Å². The first-order chi connectivity index (χ1) is 9.74. The Balaban J connectivity index is 1.72. The van der Waals surface area contributed by atoms with Gasteiger partial charge in [0.25, 0.3) is 0 Å². The van der Waals surface area contributed by atoms with Crippen molar-refractivity contribution in [3.63, 3.8) is 0 Å². The quantitative estimate of drug-likeness (QED) is 0.761. The van der Waals surface area contributed by atoms with Gasteiger partial charge in [0.2, 0.25) is 5.91 Å². The van der Waals surface area contributed by atoms with Gasteiger partial charge in [0.05, 0.1) is 12.6 Å². The van der Waals surface area contributed by atoms with Crippen molar-refractivity contribution in [2.45, 2.75) is 13.0 Å². The summed E-state index contributed by atoms with van der Waals surface area (Å²) in [5.41, 5.74) is 3.09. The van der Waals surface area contributed by atoms with E-state index in [1.807, 2.05) is 37.5 Å². The molecule has 102 valence electrons. The number of nitrogens with one attached hydrogen (secondary N) is 2. The van der Waals surface area contributed by atoms with E-state index in [9.17, 15) is 4.79 Å². The highest BCUT2D eigenvalue weighted by Gasteiger charge is 2.13. The van der Waals surface area contributed by atoms with E-state index in [1.54, 1.807) is 17.3 Å². The maximum atomic E-state index is 12.3. The predicted molar refractivity (Wildman–Crippen MR) is 77.1 cm³/mol. The molecule has 3 aromatic rings. The number of carbonyl (C=O) groups is 1. The second-order valence-corrected chi connectivity index (χ2v) is 4.89. The minimum Gasteiger partial charge on any atom is -0.361 e. The monoisotopic (exact) mass is 268 g/mol. The Morgan fingerprint density at radius 1 is 1.30 bits per heavy atom. The molecule has 0 unspecified atom stereocenters. The molecule has 0 spiro atoms. The number of aromatic nitrogens is 3. The van der Waals surface area contributed by atoms with Crippen LogP contribution in [-0.4, -0.2) is 33.0 Å². The van der Waals surface area contributed by atoms with Gasteiger partial charge in [-0.1, -0.05) is 18.2 Å². The highest BCUT2D eigenvalue weighted by molar-refractivity contribution is 5.88. The average molecular weight is 268 g/mol. The molecule has 1 aromatic carbocycles. The standard InChI is InChI=1S/C15H16N4O/c1-19(10-11-7-17-18-8-11)15(20)6-12-9-16-14-5-3-2-4-13(12)14/h2-5,7-9,16H,6,10H2,1H3,(H,17,18). The summed E-state index contributed by atoms with van der Waals surface area (Å²) in [7, 11) is 1.81. The summed E-state index contributed by atoms with van der Waals surface area (Å²) in [4.78, 5) is 17.2. The van der Waals surface area contributed by atoms with Crippen molar-refractivity contribution in [3.8, 4) is 0 Å². The fourth-order valence-corrected chi connectivity index (χ4v) is 2.30. The molecule has 0 radical (unpaired) electrons. The first-order valence-electron chi connectivity index (χ1n) is 6.50. The molecule has 0 aliphatic rings. The van der Waals surface area contributed by atoms with E-state index in [1.165, 1.54) is 0 Å². The number of carbonyl (C=O) groups excluding carboxylic acids is 1.